The summed E-state index contributed by atoms with van der Waals surface area (Å²) in [6.07, 6.45) is 0. The third-order valence-electron chi connectivity index (χ3n) is 1.99. The lowest BCUT2D eigenvalue weighted by Crippen LogP contribution is -2.04. The molecule has 0 saturated heterocycles. The lowest BCUT2D eigenvalue weighted by Gasteiger charge is -2.08. The van der Waals surface area contributed by atoms with Gasteiger partial charge in [0.2, 0.25) is 0 Å². The Morgan fingerprint density at radius 3 is 2.38 bits per heavy atom. The first-order valence-corrected chi connectivity index (χ1v) is 6.45. The lowest BCUT2D eigenvalue weighted by atomic mass is 10.1. The topological polar surface area (TPSA) is 80.7 Å². The van der Waals surface area contributed by atoms with E-state index in [-0.39, 0.29) is 16.2 Å². The molecule has 0 fully saturated rings. The van der Waals surface area contributed by atoms with Crippen molar-refractivity contribution >= 4 is 25.7 Å². The monoisotopic (exact) mass is 264 g/mol. The average Bonchev–Trinajstić information content (AvgIpc) is 2.14. The fourth-order valence-electron chi connectivity index (χ4n) is 1.26. The van der Waals surface area contributed by atoms with Gasteiger partial charge in [0.05, 0.1) is 12.0 Å². The van der Waals surface area contributed by atoms with Crippen LogP contribution in [0.1, 0.15) is 15.9 Å². The molecule has 88 valence electrons. The van der Waals surface area contributed by atoms with Crippen LogP contribution in [0.4, 0.5) is 0 Å². The molecule has 0 saturated carbocycles. The Bertz CT molecular complexity index is 535. The van der Waals surface area contributed by atoms with Gasteiger partial charge in [-0.1, -0.05) is 0 Å². The standard InChI is InChI=1S/C9H9ClO5S/c1-5-3-7(15-2)6(9(11)12)4-8(5)16(10,13)14/h3-4H,1-2H3,(H,11,12). The Morgan fingerprint density at radius 2 is 2.00 bits per heavy atom. The number of carboxylic acids is 1. The summed E-state index contributed by atoms with van der Waals surface area (Å²) in [6.45, 7) is 1.50. The molecule has 7 heteroatoms. The molecule has 0 spiro atoms. The highest BCUT2D eigenvalue weighted by Crippen LogP contribution is 2.28. The summed E-state index contributed by atoms with van der Waals surface area (Å²) < 4.78 is 27.2. The van der Waals surface area contributed by atoms with Crippen LogP contribution in [0.3, 0.4) is 0 Å². The molecule has 0 aliphatic heterocycles. The van der Waals surface area contributed by atoms with Crippen molar-refractivity contribution in [2.24, 2.45) is 0 Å². The summed E-state index contributed by atoms with van der Waals surface area (Å²) in [5.41, 5.74) is 0.0872. The van der Waals surface area contributed by atoms with Crippen molar-refractivity contribution in [1.82, 2.24) is 0 Å². The van der Waals surface area contributed by atoms with E-state index in [1.165, 1.54) is 20.1 Å². The van der Waals surface area contributed by atoms with Gasteiger partial charge in [0.15, 0.2) is 0 Å². The number of aromatic carboxylic acids is 1. The maximum atomic E-state index is 11.2. The minimum Gasteiger partial charge on any atom is -0.496 e. The zero-order valence-corrected chi connectivity index (χ0v) is 10.1. The Kier molecular flexibility index (Phi) is 3.44. The van der Waals surface area contributed by atoms with Gasteiger partial charge in [0.1, 0.15) is 11.3 Å². The Hall–Kier alpha value is -1.27. The van der Waals surface area contributed by atoms with Crippen LogP contribution in [0, 0.1) is 6.92 Å². The van der Waals surface area contributed by atoms with E-state index >= 15 is 0 Å². The molecule has 0 heterocycles. The van der Waals surface area contributed by atoms with Gasteiger partial charge in [-0.15, -0.1) is 0 Å². The van der Waals surface area contributed by atoms with Crippen molar-refractivity contribution in [1.29, 1.82) is 0 Å². The smallest absolute Gasteiger partial charge is 0.339 e. The third-order valence-corrected chi connectivity index (χ3v) is 3.45. The maximum Gasteiger partial charge on any atom is 0.339 e. The molecule has 0 unspecified atom stereocenters. The van der Waals surface area contributed by atoms with Gasteiger partial charge in [0, 0.05) is 10.7 Å². The molecular formula is C9H9ClO5S. The fraction of sp³-hybridized carbons (Fsp3) is 0.222. The Balaban J connectivity index is 3.58. The second-order valence-electron chi connectivity index (χ2n) is 3.06. The summed E-state index contributed by atoms with van der Waals surface area (Å²) in [5, 5.41) is 8.86. The van der Waals surface area contributed by atoms with E-state index in [0.717, 1.165) is 6.07 Å². The van der Waals surface area contributed by atoms with E-state index in [1.54, 1.807) is 0 Å². The highest BCUT2D eigenvalue weighted by molar-refractivity contribution is 8.13. The normalized spacial score (nSPS) is 11.2. The second-order valence-corrected chi connectivity index (χ2v) is 5.60. The van der Waals surface area contributed by atoms with E-state index in [0.29, 0.717) is 5.56 Å². The van der Waals surface area contributed by atoms with Crippen molar-refractivity contribution in [3.8, 4) is 5.75 Å². The van der Waals surface area contributed by atoms with Crippen molar-refractivity contribution in [2.45, 2.75) is 11.8 Å². The molecule has 1 aromatic rings. The highest BCUT2D eigenvalue weighted by atomic mass is 35.7. The lowest BCUT2D eigenvalue weighted by molar-refractivity contribution is 0.0693. The first-order valence-electron chi connectivity index (χ1n) is 4.14. The summed E-state index contributed by atoms with van der Waals surface area (Å²) in [5.74, 6) is -1.19. The number of hydrogen-bond donors (Lipinski definition) is 1. The molecule has 0 aliphatic rings. The molecule has 0 aromatic heterocycles. The number of aryl methyl sites for hydroxylation is 1. The van der Waals surface area contributed by atoms with Crippen LogP contribution >= 0.6 is 10.7 Å². The number of ether oxygens (including phenoxy) is 1. The summed E-state index contributed by atoms with van der Waals surface area (Å²) in [7, 11) is 2.52. The van der Waals surface area contributed by atoms with E-state index < -0.39 is 15.0 Å². The van der Waals surface area contributed by atoms with Crippen molar-refractivity contribution < 1.29 is 23.1 Å². The molecule has 16 heavy (non-hydrogen) atoms. The molecular weight excluding hydrogens is 256 g/mol. The summed E-state index contributed by atoms with van der Waals surface area (Å²) in [4.78, 5) is 10.6. The predicted molar refractivity (Wildman–Crippen MR) is 57.7 cm³/mol. The molecule has 5 nitrogen and oxygen atoms in total. The van der Waals surface area contributed by atoms with E-state index in [1.807, 2.05) is 0 Å². The first kappa shape index (κ1) is 12.8. The maximum absolute atomic E-state index is 11.2. The van der Waals surface area contributed by atoms with Gasteiger partial charge >= 0.3 is 5.97 Å². The number of hydrogen-bond acceptors (Lipinski definition) is 4. The van der Waals surface area contributed by atoms with Crippen molar-refractivity contribution in [2.75, 3.05) is 7.11 Å². The minimum atomic E-state index is -3.96. The van der Waals surface area contributed by atoms with Crippen LogP contribution < -0.4 is 4.74 Å². The predicted octanol–water partition coefficient (Wildman–Crippen LogP) is 1.63. The van der Waals surface area contributed by atoms with Gasteiger partial charge in [-0.3, -0.25) is 0 Å². The van der Waals surface area contributed by atoms with Crippen LogP contribution in [-0.4, -0.2) is 26.6 Å². The molecule has 1 N–H and O–H groups in total. The number of carboxylic acid groups (broad SMARTS) is 1. The largest absolute Gasteiger partial charge is 0.496 e. The van der Waals surface area contributed by atoms with E-state index in [9.17, 15) is 13.2 Å². The molecule has 0 aliphatic carbocycles. The molecule has 1 rings (SSSR count). The third kappa shape index (κ3) is 2.45. The van der Waals surface area contributed by atoms with E-state index in [4.69, 9.17) is 20.5 Å². The van der Waals surface area contributed by atoms with Gasteiger partial charge in [-0.25, -0.2) is 13.2 Å². The molecule has 0 radical (unpaired) electrons. The quantitative estimate of drug-likeness (QED) is 0.839. The Labute approximate surface area is 97.0 Å². The van der Waals surface area contributed by atoms with Crippen LogP contribution in [-0.2, 0) is 9.05 Å². The van der Waals surface area contributed by atoms with Crippen molar-refractivity contribution in [3.63, 3.8) is 0 Å². The highest BCUT2D eigenvalue weighted by Gasteiger charge is 2.20. The molecule has 0 bridgehead atoms. The van der Waals surface area contributed by atoms with E-state index in [2.05, 4.69) is 0 Å². The summed E-state index contributed by atoms with van der Waals surface area (Å²) in [6, 6.07) is 2.30. The van der Waals surface area contributed by atoms with Crippen LogP contribution in [0.2, 0.25) is 0 Å². The zero-order chi connectivity index (χ0) is 12.5. The fourth-order valence-corrected chi connectivity index (χ4v) is 2.46. The van der Waals surface area contributed by atoms with Gasteiger partial charge in [-0.2, -0.15) is 0 Å². The van der Waals surface area contributed by atoms with Crippen LogP contribution in [0.25, 0.3) is 0 Å². The first-order chi connectivity index (χ1) is 7.27. The summed E-state index contributed by atoms with van der Waals surface area (Å²) >= 11 is 0. The number of halogens is 1. The second kappa shape index (κ2) is 4.31. The molecule has 0 atom stereocenters. The molecule has 1 aromatic carbocycles. The number of rotatable bonds is 3. The average molecular weight is 265 g/mol. The number of benzene rings is 1. The van der Waals surface area contributed by atoms with Gasteiger partial charge < -0.3 is 9.84 Å². The zero-order valence-electron chi connectivity index (χ0n) is 8.52. The number of methoxy groups -OCH3 is 1. The van der Waals surface area contributed by atoms with Gasteiger partial charge in [0.25, 0.3) is 9.05 Å². The van der Waals surface area contributed by atoms with Crippen LogP contribution in [0.5, 0.6) is 5.75 Å². The Morgan fingerprint density at radius 1 is 1.44 bits per heavy atom. The minimum absolute atomic E-state index is 0.0917. The number of carbonyl (C=O) groups is 1. The molecule has 0 amide bonds. The SMILES string of the molecule is COc1cc(C)c(S(=O)(=O)Cl)cc1C(=O)O. The van der Waals surface area contributed by atoms with Crippen LogP contribution in [0.15, 0.2) is 17.0 Å². The van der Waals surface area contributed by atoms with Gasteiger partial charge in [-0.05, 0) is 24.6 Å². The van der Waals surface area contributed by atoms with Crippen molar-refractivity contribution in [3.05, 3.63) is 23.3 Å².